The number of nitrogens with two attached hydrogens (primary N) is 1. The number of nitrogens with zero attached hydrogens (tertiary/aromatic N) is 3. The summed E-state index contributed by atoms with van der Waals surface area (Å²) in [6.45, 7) is -0.473. The normalized spacial score (nSPS) is 28.0. The van der Waals surface area contributed by atoms with Crippen LogP contribution in [0.5, 0.6) is 0 Å². The van der Waals surface area contributed by atoms with E-state index in [4.69, 9.17) is 33.1 Å². The van der Waals surface area contributed by atoms with E-state index in [-0.39, 0.29) is 5.95 Å². The van der Waals surface area contributed by atoms with Crippen molar-refractivity contribution in [3.8, 4) is 0 Å². The molecule has 22 heavy (non-hydrogen) atoms. The molecule has 0 aliphatic carbocycles. The SMILES string of the molecule is Nc1ncn([C@@H]2O[C@H](CO)[C@@H](O)[C@H]2O)c(=O)n1.O=S(=O)(O)O. The van der Waals surface area contributed by atoms with Gasteiger partial charge in [0.05, 0.1) is 6.61 Å². The maximum atomic E-state index is 11.5. The molecule has 1 aliphatic rings. The van der Waals surface area contributed by atoms with Crippen LogP contribution in [0.15, 0.2) is 11.1 Å². The zero-order valence-corrected chi connectivity index (χ0v) is 11.6. The number of aromatic nitrogens is 3. The lowest BCUT2D eigenvalue weighted by Gasteiger charge is -2.16. The van der Waals surface area contributed by atoms with Crippen molar-refractivity contribution in [2.75, 3.05) is 12.3 Å². The number of aliphatic hydroxyl groups excluding tert-OH is 3. The molecular formula is C8H14N4O9S. The number of nitrogen functional groups attached to an aromatic ring is 1. The number of aliphatic hydroxyl groups is 3. The van der Waals surface area contributed by atoms with Gasteiger partial charge in [-0.05, 0) is 0 Å². The van der Waals surface area contributed by atoms with Gasteiger partial charge in [-0.3, -0.25) is 13.7 Å². The van der Waals surface area contributed by atoms with E-state index in [0.717, 1.165) is 10.9 Å². The van der Waals surface area contributed by atoms with Gasteiger partial charge in [-0.15, -0.1) is 0 Å². The molecule has 4 atom stereocenters. The molecule has 0 spiro atoms. The third-order valence-corrected chi connectivity index (χ3v) is 2.54. The predicted octanol–water partition coefficient (Wildman–Crippen LogP) is -3.82. The summed E-state index contributed by atoms with van der Waals surface area (Å²) in [4.78, 5) is 18.4. The van der Waals surface area contributed by atoms with Gasteiger partial charge in [0.1, 0.15) is 24.6 Å². The van der Waals surface area contributed by atoms with E-state index in [1.165, 1.54) is 0 Å². The highest BCUT2D eigenvalue weighted by Crippen LogP contribution is 2.27. The van der Waals surface area contributed by atoms with E-state index in [0.29, 0.717) is 0 Å². The Kier molecular flexibility index (Phi) is 5.89. The second kappa shape index (κ2) is 7.05. The highest BCUT2D eigenvalue weighted by atomic mass is 32.3. The molecule has 1 aromatic rings. The fourth-order valence-electron chi connectivity index (χ4n) is 1.64. The summed E-state index contributed by atoms with van der Waals surface area (Å²) in [7, 11) is -4.67. The van der Waals surface area contributed by atoms with Crippen LogP contribution in [0.4, 0.5) is 5.95 Å². The molecule has 0 saturated carbocycles. The summed E-state index contributed by atoms with van der Waals surface area (Å²) < 4.78 is 37.6. The van der Waals surface area contributed by atoms with Crippen molar-refractivity contribution in [3.05, 3.63) is 16.8 Å². The lowest BCUT2D eigenvalue weighted by Crippen LogP contribution is -2.36. The van der Waals surface area contributed by atoms with Crippen LogP contribution in [0.3, 0.4) is 0 Å². The van der Waals surface area contributed by atoms with Gasteiger partial charge in [0.25, 0.3) is 0 Å². The molecule has 1 fully saturated rings. The maximum absolute atomic E-state index is 11.5. The summed E-state index contributed by atoms with van der Waals surface area (Å²) in [5, 5.41) is 28.1. The monoisotopic (exact) mass is 342 g/mol. The Bertz CT molecular complexity index is 654. The third kappa shape index (κ3) is 4.95. The highest BCUT2D eigenvalue weighted by molar-refractivity contribution is 7.79. The minimum atomic E-state index is -4.67. The predicted molar refractivity (Wildman–Crippen MR) is 67.9 cm³/mol. The lowest BCUT2D eigenvalue weighted by atomic mass is 10.1. The van der Waals surface area contributed by atoms with Crippen LogP contribution in [0, 0.1) is 0 Å². The molecule has 0 radical (unpaired) electrons. The van der Waals surface area contributed by atoms with Gasteiger partial charge in [0, 0.05) is 0 Å². The first-order valence-corrected chi connectivity index (χ1v) is 6.97. The first-order chi connectivity index (χ1) is 10.0. The van der Waals surface area contributed by atoms with Crippen LogP contribution in [0.2, 0.25) is 0 Å². The second-order valence-corrected chi connectivity index (χ2v) is 4.98. The van der Waals surface area contributed by atoms with E-state index in [1.807, 2.05) is 0 Å². The minimum absolute atomic E-state index is 0.196. The summed E-state index contributed by atoms with van der Waals surface area (Å²) in [5.74, 6) is -0.196. The first kappa shape index (κ1) is 18.4. The topological polar surface area (TPSA) is 218 Å². The van der Waals surface area contributed by atoms with Crippen LogP contribution in [-0.2, 0) is 15.1 Å². The minimum Gasteiger partial charge on any atom is -0.394 e. The molecule has 7 N–H and O–H groups in total. The number of hydrogen-bond donors (Lipinski definition) is 6. The summed E-state index contributed by atoms with van der Waals surface area (Å²) in [5.41, 5.74) is 4.46. The van der Waals surface area contributed by atoms with Crippen LogP contribution in [0.1, 0.15) is 6.23 Å². The molecule has 0 aromatic carbocycles. The van der Waals surface area contributed by atoms with Gasteiger partial charge in [0.15, 0.2) is 6.23 Å². The standard InChI is InChI=1S/C8H12N4O5.H2O4S/c9-7-10-2-12(8(16)11-7)6-5(15)4(14)3(1-13)17-6;1-5(2,3)4/h2-6,13-15H,1H2,(H2,9,11,16);(H2,1,2,3,4)/t3-,4-,5-,6-;/m1./s1. The van der Waals surface area contributed by atoms with E-state index in [2.05, 4.69) is 9.97 Å². The van der Waals surface area contributed by atoms with Gasteiger partial charge in [-0.25, -0.2) is 9.78 Å². The first-order valence-electron chi connectivity index (χ1n) is 5.57. The van der Waals surface area contributed by atoms with Crippen molar-refractivity contribution in [1.29, 1.82) is 0 Å². The zero-order valence-electron chi connectivity index (χ0n) is 10.8. The zero-order chi connectivity index (χ0) is 17.1. The lowest BCUT2D eigenvalue weighted by molar-refractivity contribution is -0.0554. The summed E-state index contributed by atoms with van der Waals surface area (Å²) in [6.07, 6.45) is -3.67. The van der Waals surface area contributed by atoms with Crippen LogP contribution < -0.4 is 11.4 Å². The molecule has 1 saturated heterocycles. The Morgan fingerprint density at radius 3 is 2.27 bits per heavy atom. The third-order valence-electron chi connectivity index (χ3n) is 2.54. The molecule has 2 heterocycles. The van der Waals surface area contributed by atoms with Crippen molar-refractivity contribution in [2.24, 2.45) is 0 Å². The Balaban J connectivity index is 0.000000422. The van der Waals surface area contributed by atoms with E-state index < -0.39 is 47.2 Å². The molecule has 0 unspecified atom stereocenters. The van der Waals surface area contributed by atoms with Crippen LogP contribution >= 0.6 is 0 Å². The van der Waals surface area contributed by atoms with Crippen molar-refractivity contribution >= 4 is 16.3 Å². The van der Waals surface area contributed by atoms with Crippen molar-refractivity contribution in [1.82, 2.24) is 14.5 Å². The molecule has 0 amide bonds. The molecular weight excluding hydrogens is 328 g/mol. The van der Waals surface area contributed by atoms with Crippen molar-refractivity contribution < 1.29 is 37.6 Å². The van der Waals surface area contributed by atoms with Crippen LogP contribution in [0.25, 0.3) is 0 Å². The maximum Gasteiger partial charge on any atom is 0.394 e. The molecule has 14 heteroatoms. The van der Waals surface area contributed by atoms with Crippen LogP contribution in [-0.4, -0.2) is 72.3 Å². The van der Waals surface area contributed by atoms with Gasteiger partial charge in [-0.1, -0.05) is 0 Å². The van der Waals surface area contributed by atoms with Crippen molar-refractivity contribution in [2.45, 2.75) is 24.5 Å². The molecule has 2 rings (SSSR count). The molecule has 0 bridgehead atoms. The Labute approximate surface area is 123 Å². The highest BCUT2D eigenvalue weighted by Gasteiger charge is 2.43. The Hall–Kier alpha value is -1.68. The fourth-order valence-corrected chi connectivity index (χ4v) is 1.64. The molecule has 126 valence electrons. The number of anilines is 1. The van der Waals surface area contributed by atoms with Crippen molar-refractivity contribution in [3.63, 3.8) is 0 Å². The number of ether oxygens (including phenoxy) is 1. The molecule has 1 aliphatic heterocycles. The molecule has 13 nitrogen and oxygen atoms in total. The van der Waals surface area contributed by atoms with Gasteiger partial charge in [0.2, 0.25) is 5.95 Å². The average molecular weight is 342 g/mol. The number of rotatable bonds is 2. The Morgan fingerprint density at radius 2 is 1.86 bits per heavy atom. The fraction of sp³-hybridized carbons (Fsp3) is 0.625. The van der Waals surface area contributed by atoms with E-state index >= 15 is 0 Å². The largest absolute Gasteiger partial charge is 0.394 e. The molecule has 1 aromatic heterocycles. The quantitative estimate of drug-likeness (QED) is 0.285. The van der Waals surface area contributed by atoms with Gasteiger partial charge in [-0.2, -0.15) is 13.4 Å². The van der Waals surface area contributed by atoms with E-state index in [9.17, 15) is 15.0 Å². The van der Waals surface area contributed by atoms with Gasteiger partial charge < -0.3 is 25.8 Å². The number of hydrogen-bond acceptors (Lipinski definition) is 10. The smallest absolute Gasteiger partial charge is 0.394 e. The van der Waals surface area contributed by atoms with Gasteiger partial charge >= 0.3 is 16.1 Å². The summed E-state index contributed by atoms with van der Waals surface area (Å²) in [6, 6.07) is 0. The summed E-state index contributed by atoms with van der Waals surface area (Å²) >= 11 is 0. The van der Waals surface area contributed by atoms with E-state index in [1.54, 1.807) is 0 Å². The average Bonchev–Trinajstić information content (AvgIpc) is 2.64. The second-order valence-electron chi connectivity index (χ2n) is 4.08. The Morgan fingerprint density at radius 1 is 1.32 bits per heavy atom.